The van der Waals surface area contributed by atoms with Crippen molar-refractivity contribution in [3.8, 4) is 0 Å². The number of rotatable bonds is 3. The van der Waals surface area contributed by atoms with Gasteiger partial charge in [0.25, 0.3) is 0 Å². The molecule has 0 aliphatic heterocycles. The number of hydrogen-bond acceptors (Lipinski definition) is 1. The Bertz CT molecular complexity index is 534. The molecule has 0 saturated carbocycles. The van der Waals surface area contributed by atoms with Crippen molar-refractivity contribution in [1.29, 1.82) is 0 Å². The second-order valence-electron chi connectivity index (χ2n) is 3.98. The molecule has 1 nitrogen and oxygen atoms in total. The average Bonchev–Trinajstić information content (AvgIpc) is 2.34. The van der Waals surface area contributed by atoms with E-state index in [1.54, 1.807) is 0 Å². The van der Waals surface area contributed by atoms with Crippen LogP contribution in [-0.2, 0) is 0 Å². The van der Waals surface area contributed by atoms with Gasteiger partial charge in [-0.1, -0.05) is 53.0 Å². The molecule has 4 heteroatoms. The average molecular weight is 301 g/mol. The molecular weight excluding hydrogens is 289 g/mol. The van der Waals surface area contributed by atoms with E-state index in [0.717, 1.165) is 11.1 Å². The van der Waals surface area contributed by atoms with Gasteiger partial charge >= 0.3 is 0 Å². The van der Waals surface area contributed by atoms with Gasteiger partial charge in [-0.15, -0.1) is 0 Å². The normalized spacial score (nSPS) is 12.4. The topological polar surface area (TPSA) is 26.0 Å². The first-order valence-corrected chi connectivity index (χ1v) is 6.66. The van der Waals surface area contributed by atoms with Crippen LogP contribution in [0, 0.1) is 0 Å². The molecule has 0 fully saturated rings. The van der Waals surface area contributed by atoms with Gasteiger partial charge in [0.2, 0.25) is 0 Å². The summed E-state index contributed by atoms with van der Waals surface area (Å²) in [6.07, 6.45) is 0. The van der Waals surface area contributed by atoms with Gasteiger partial charge in [-0.25, -0.2) is 0 Å². The summed E-state index contributed by atoms with van der Waals surface area (Å²) in [5, 5.41) is 1.92. The quantitative estimate of drug-likeness (QED) is 0.870. The standard InChI is InChI=1S/C14H12Cl3N/c15-10-4-1-3-9(7-10)11(8-18)14-12(16)5-2-6-13(14)17/h1-7,11H,8,18H2. The monoisotopic (exact) mass is 299 g/mol. The molecule has 0 radical (unpaired) electrons. The first-order valence-electron chi connectivity index (χ1n) is 5.53. The Morgan fingerprint density at radius 3 is 2.11 bits per heavy atom. The number of hydrogen-bond donors (Lipinski definition) is 1. The maximum absolute atomic E-state index is 6.22. The van der Waals surface area contributed by atoms with E-state index in [-0.39, 0.29) is 5.92 Å². The number of nitrogens with two attached hydrogens (primary N) is 1. The summed E-state index contributed by atoms with van der Waals surface area (Å²) >= 11 is 18.4. The Kier molecular flexibility index (Phi) is 4.52. The third kappa shape index (κ3) is 2.81. The fourth-order valence-corrected chi connectivity index (χ4v) is 2.85. The zero-order valence-corrected chi connectivity index (χ0v) is 11.8. The van der Waals surface area contributed by atoms with Gasteiger partial charge < -0.3 is 5.73 Å². The number of halogens is 3. The van der Waals surface area contributed by atoms with Crippen molar-refractivity contribution < 1.29 is 0 Å². The predicted octanol–water partition coefficient (Wildman–Crippen LogP) is 4.74. The molecule has 1 unspecified atom stereocenters. The smallest absolute Gasteiger partial charge is 0.0459 e. The van der Waals surface area contributed by atoms with Gasteiger partial charge in [-0.05, 0) is 35.4 Å². The predicted molar refractivity (Wildman–Crippen MR) is 78.8 cm³/mol. The van der Waals surface area contributed by atoms with Crippen molar-refractivity contribution in [2.24, 2.45) is 5.73 Å². The molecule has 2 rings (SSSR count). The zero-order chi connectivity index (χ0) is 13.1. The minimum absolute atomic E-state index is 0.0510. The maximum atomic E-state index is 6.22. The van der Waals surface area contributed by atoms with Crippen molar-refractivity contribution in [3.63, 3.8) is 0 Å². The van der Waals surface area contributed by atoms with Crippen LogP contribution >= 0.6 is 34.8 Å². The lowest BCUT2D eigenvalue weighted by molar-refractivity contribution is 0.819. The van der Waals surface area contributed by atoms with Crippen LogP contribution in [-0.4, -0.2) is 6.54 Å². The fraction of sp³-hybridized carbons (Fsp3) is 0.143. The molecule has 0 saturated heterocycles. The Labute approximate surface area is 121 Å². The SMILES string of the molecule is NCC(c1cccc(Cl)c1)c1c(Cl)cccc1Cl. The third-order valence-corrected chi connectivity index (χ3v) is 3.73. The first kappa shape index (κ1) is 13.7. The van der Waals surface area contributed by atoms with Crippen molar-refractivity contribution in [1.82, 2.24) is 0 Å². The Hall–Kier alpha value is -0.730. The zero-order valence-electron chi connectivity index (χ0n) is 9.54. The summed E-state index contributed by atoms with van der Waals surface area (Å²) in [4.78, 5) is 0. The van der Waals surface area contributed by atoms with Gasteiger partial charge in [0.15, 0.2) is 0 Å². The molecule has 0 aromatic heterocycles. The van der Waals surface area contributed by atoms with E-state index in [1.165, 1.54) is 0 Å². The second kappa shape index (κ2) is 5.94. The van der Waals surface area contributed by atoms with Gasteiger partial charge in [0.1, 0.15) is 0 Å². The van der Waals surface area contributed by atoms with E-state index in [1.807, 2.05) is 42.5 Å². The van der Waals surface area contributed by atoms with Gasteiger partial charge in [0, 0.05) is 27.5 Å². The Morgan fingerprint density at radius 1 is 0.944 bits per heavy atom. The van der Waals surface area contributed by atoms with Crippen LogP contribution in [0.1, 0.15) is 17.0 Å². The molecule has 0 aliphatic carbocycles. The lowest BCUT2D eigenvalue weighted by atomic mass is 9.91. The molecular formula is C14H12Cl3N. The van der Waals surface area contributed by atoms with Gasteiger partial charge in [-0.2, -0.15) is 0 Å². The van der Waals surface area contributed by atoms with Crippen LogP contribution in [0.5, 0.6) is 0 Å². The molecule has 2 aromatic rings. The van der Waals surface area contributed by atoms with Crippen LogP contribution in [0.25, 0.3) is 0 Å². The first-order chi connectivity index (χ1) is 8.63. The molecule has 0 spiro atoms. The van der Waals surface area contributed by atoms with E-state index in [9.17, 15) is 0 Å². The highest BCUT2D eigenvalue weighted by Gasteiger charge is 2.18. The lowest BCUT2D eigenvalue weighted by Crippen LogP contribution is -2.14. The Balaban J connectivity index is 2.52. The molecule has 0 heterocycles. The molecule has 1 atom stereocenters. The van der Waals surface area contributed by atoms with Crippen LogP contribution < -0.4 is 5.73 Å². The largest absolute Gasteiger partial charge is 0.330 e. The molecule has 0 aliphatic rings. The molecule has 2 N–H and O–H groups in total. The van der Waals surface area contributed by atoms with E-state index >= 15 is 0 Å². The van der Waals surface area contributed by atoms with E-state index < -0.39 is 0 Å². The summed E-state index contributed by atoms with van der Waals surface area (Å²) < 4.78 is 0. The third-order valence-electron chi connectivity index (χ3n) is 2.83. The highest BCUT2D eigenvalue weighted by molar-refractivity contribution is 6.36. The summed E-state index contributed by atoms with van der Waals surface area (Å²) in [6, 6.07) is 13.0. The molecule has 18 heavy (non-hydrogen) atoms. The summed E-state index contributed by atoms with van der Waals surface area (Å²) in [6.45, 7) is 0.420. The van der Waals surface area contributed by atoms with E-state index in [2.05, 4.69) is 0 Å². The Morgan fingerprint density at radius 2 is 1.56 bits per heavy atom. The maximum Gasteiger partial charge on any atom is 0.0459 e. The molecule has 94 valence electrons. The highest BCUT2D eigenvalue weighted by atomic mass is 35.5. The van der Waals surface area contributed by atoms with Crippen LogP contribution in [0.15, 0.2) is 42.5 Å². The lowest BCUT2D eigenvalue weighted by Gasteiger charge is -2.19. The molecule has 0 bridgehead atoms. The summed E-state index contributed by atoms with van der Waals surface area (Å²) in [5.41, 5.74) is 7.73. The van der Waals surface area contributed by atoms with Crippen LogP contribution in [0.4, 0.5) is 0 Å². The minimum Gasteiger partial charge on any atom is -0.330 e. The summed E-state index contributed by atoms with van der Waals surface area (Å²) in [7, 11) is 0. The van der Waals surface area contributed by atoms with Crippen molar-refractivity contribution >= 4 is 34.8 Å². The second-order valence-corrected chi connectivity index (χ2v) is 5.23. The highest BCUT2D eigenvalue weighted by Crippen LogP contribution is 2.35. The summed E-state index contributed by atoms with van der Waals surface area (Å²) in [5.74, 6) is -0.0510. The minimum atomic E-state index is -0.0510. The fourth-order valence-electron chi connectivity index (χ4n) is 1.99. The van der Waals surface area contributed by atoms with Crippen molar-refractivity contribution in [2.75, 3.05) is 6.54 Å². The number of benzene rings is 2. The van der Waals surface area contributed by atoms with E-state index in [0.29, 0.717) is 21.6 Å². The molecule has 0 amide bonds. The van der Waals surface area contributed by atoms with Crippen LogP contribution in [0.3, 0.4) is 0 Å². The van der Waals surface area contributed by atoms with Crippen LogP contribution in [0.2, 0.25) is 15.1 Å². The van der Waals surface area contributed by atoms with E-state index in [4.69, 9.17) is 40.5 Å². The van der Waals surface area contributed by atoms with Crippen molar-refractivity contribution in [3.05, 3.63) is 68.7 Å². The van der Waals surface area contributed by atoms with Gasteiger partial charge in [0.05, 0.1) is 0 Å². The van der Waals surface area contributed by atoms with Gasteiger partial charge in [-0.3, -0.25) is 0 Å². The molecule has 2 aromatic carbocycles. The van der Waals surface area contributed by atoms with Crippen molar-refractivity contribution in [2.45, 2.75) is 5.92 Å².